The molecule has 0 unspecified atom stereocenters. The number of ether oxygens (including phenoxy) is 2. The van der Waals surface area contributed by atoms with Gasteiger partial charge >= 0.3 is 0 Å². The van der Waals surface area contributed by atoms with Crippen LogP contribution in [0.3, 0.4) is 0 Å². The zero-order chi connectivity index (χ0) is 26.0. The maximum atomic E-state index is 10.7. The highest BCUT2D eigenvalue weighted by molar-refractivity contribution is 6.07. The monoisotopic (exact) mass is 494 g/mol. The van der Waals surface area contributed by atoms with Crippen LogP contribution in [0.2, 0.25) is 0 Å². The molecule has 2 fully saturated rings. The summed E-state index contributed by atoms with van der Waals surface area (Å²) >= 11 is 0. The van der Waals surface area contributed by atoms with E-state index in [4.69, 9.17) is 9.47 Å². The van der Waals surface area contributed by atoms with Crippen molar-refractivity contribution in [1.82, 2.24) is 0 Å². The predicted octanol–water partition coefficient (Wildman–Crippen LogP) is 5.62. The predicted molar refractivity (Wildman–Crippen MR) is 147 cm³/mol. The fourth-order valence-electron chi connectivity index (χ4n) is 5.22. The minimum Gasteiger partial charge on any atom is -0.497 e. The van der Waals surface area contributed by atoms with Gasteiger partial charge in [-0.15, -0.1) is 0 Å². The molecule has 2 N–H and O–H groups in total. The zero-order valence-electron chi connectivity index (χ0n) is 22.3. The topological polar surface area (TPSA) is 83.6 Å². The Morgan fingerprint density at radius 3 is 1.19 bits per heavy atom. The lowest BCUT2D eigenvalue weighted by molar-refractivity contribution is 0.120. The van der Waals surface area contributed by atoms with Gasteiger partial charge in [0.15, 0.2) is 0 Å². The van der Waals surface area contributed by atoms with Crippen molar-refractivity contribution in [2.24, 2.45) is 9.98 Å². The van der Waals surface area contributed by atoms with Crippen LogP contribution >= 0.6 is 0 Å². The number of hydrogen-bond donors (Lipinski definition) is 2. The van der Waals surface area contributed by atoms with E-state index in [1.165, 1.54) is 0 Å². The molecule has 0 radical (unpaired) electrons. The van der Waals surface area contributed by atoms with Gasteiger partial charge in [0.1, 0.15) is 22.7 Å². The molecule has 2 aromatic carbocycles. The number of aliphatic imine (C=N–C) groups is 2. The third kappa shape index (κ3) is 6.74. The van der Waals surface area contributed by atoms with Gasteiger partial charge in [0.25, 0.3) is 0 Å². The summed E-state index contributed by atoms with van der Waals surface area (Å²) in [6.07, 6.45) is 7.58. The van der Waals surface area contributed by atoms with Crippen molar-refractivity contribution in [3.63, 3.8) is 0 Å². The Morgan fingerprint density at radius 2 is 0.944 bits per heavy atom. The molecule has 0 aromatic heterocycles. The van der Waals surface area contributed by atoms with E-state index in [-0.39, 0.29) is 0 Å². The normalized spacial score (nSPS) is 18.9. The van der Waals surface area contributed by atoms with Crippen LogP contribution in [-0.4, -0.2) is 60.1 Å². The Kier molecular flexibility index (Phi) is 10.1. The minimum absolute atomic E-state index is 0.698. The first-order chi connectivity index (χ1) is 17.4. The smallest absolute Gasteiger partial charge is 0.118 e. The highest BCUT2D eigenvalue weighted by Crippen LogP contribution is 2.34. The standard InChI is InChI=1S/2C15H21NO2/c2*1-3-16-14(15(17)10-4-5-11-15)12-6-8-13(18-2)9-7-12/h2*6-9,17H,3-5,10-11H2,1-2H3. The van der Waals surface area contributed by atoms with Gasteiger partial charge in [0.2, 0.25) is 0 Å². The lowest BCUT2D eigenvalue weighted by Crippen LogP contribution is -2.36. The van der Waals surface area contributed by atoms with E-state index in [9.17, 15) is 10.2 Å². The van der Waals surface area contributed by atoms with Gasteiger partial charge in [0.05, 0.1) is 25.6 Å². The maximum Gasteiger partial charge on any atom is 0.118 e. The van der Waals surface area contributed by atoms with Crippen LogP contribution in [0.5, 0.6) is 11.5 Å². The third-order valence-corrected chi connectivity index (χ3v) is 7.10. The Labute approximate surface area is 216 Å². The summed E-state index contributed by atoms with van der Waals surface area (Å²) in [4.78, 5) is 9.06. The number of nitrogens with zero attached hydrogens (tertiary/aromatic N) is 2. The first-order valence-electron chi connectivity index (χ1n) is 13.2. The molecule has 196 valence electrons. The molecule has 2 aromatic rings. The summed E-state index contributed by atoms with van der Waals surface area (Å²) < 4.78 is 10.3. The molecule has 6 nitrogen and oxygen atoms in total. The van der Waals surface area contributed by atoms with Crippen LogP contribution in [0, 0.1) is 0 Å². The molecule has 6 heteroatoms. The first-order valence-corrected chi connectivity index (χ1v) is 13.2. The Balaban J connectivity index is 0.000000201. The molecule has 2 saturated carbocycles. The molecular formula is C30H42N2O4. The van der Waals surface area contributed by atoms with Crippen molar-refractivity contribution in [3.05, 3.63) is 59.7 Å². The quantitative estimate of drug-likeness (QED) is 0.467. The second kappa shape index (κ2) is 13.0. The Hall–Kier alpha value is -2.70. The van der Waals surface area contributed by atoms with E-state index in [1.54, 1.807) is 14.2 Å². The second-order valence-electron chi connectivity index (χ2n) is 9.58. The molecule has 36 heavy (non-hydrogen) atoms. The molecule has 0 bridgehead atoms. The van der Waals surface area contributed by atoms with Crippen molar-refractivity contribution in [1.29, 1.82) is 0 Å². The van der Waals surface area contributed by atoms with Gasteiger partial charge in [-0.05, 0) is 99.2 Å². The molecule has 0 amide bonds. The largest absolute Gasteiger partial charge is 0.497 e. The molecule has 0 atom stereocenters. The van der Waals surface area contributed by atoms with Gasteiger partial charge in [-0.1, -0.05) is 25.7 Å². The molecule has 0 saturated heterocycles. The van der Waals surface area contributed by atoms with Gasteiger partial charge in [-0.2, -0.15) is 0 Å². The molecule has 0 heterocycles. The molecule has 2 aliphatic rings. The second-order valence-corrected chi connectivity index (χ2v) is 9.58. The molecule has 4 rings (SSSR count). The van der Waals surface area contributed by atoms with Crippen LogP contribution in [0.1, 0.15) is 76.3 Å². The zero-order valence-corrected chi connectivity index (χ0v) is 22.3. The van der Waals surface area contributed by atoms with Crippen molar-refractivity contribution in [2.45, 2.75) is 76.4 Å². The van der Waals surface area contributed by atoms with E-state index in [0.29, 0.717) is 13.1 Å². The molecule has 2 aliphatic carbocycles. The van der Waals surface area contributed by atoms with Crippen molar-refractivity contribution >= 4 is 11.4 Å². The summed E-state index contributed by atoms with van der Waals surface area (Å²) in [6, 6.07) is 15.6. The van der Waals surface area contributed by atoms with E-state index in [2.05, 4.69) is 9.98 Å². The van der Waals surface area contributed by atoms with Gasteiger partial charge in [-0.3, -0.25) is 9.98 Å². The van der Waals surface area contributed by atoms with Gasteiger partial charge < -0.3 is 19.7 Å². The number of methoxy groups -OCH3 is 2. The van der Waals surface area contributed by atoms with Crippen LogP contribution < -0.4 is 9.47 Å². The van der Waals surface area contributed by atoms with E-state index in [0.717, 1.165) is 85.4 Å². The lowest BCUT2D eigenvalue weighted by Gasteiger charge is -2.25. The first kappa shape index (κ1) is 27.9. The van der Waals surface area contributed by atoms with Gasteiger partial charge in [0, 0.05) is 13.1 Å². The van der Waals surface area contributed by atoms with E-state index >= 15 is 0 Å². The fraction of sp³-hybridized carbons (Fsp3) is 0.533. The van der Waals surface area contributed by atoms with Crippen LogP contribution in [0.15, 0.2) is 58.5 Å². The summed E-state index contributed by atoms with van der Waals surface area (Å²) in [5.41, 5.74) is 2.22. The van der Waals surface area contributed by atoms with E-state index in [1.807, 2.05) is 62.4 Å². The number of rotatable bonds is 8. The third-order valence-electron chi connectivity index (χ3n) is 7.10. The Bertz CT molecular complexity index is 917. The number of aliphatic hydroxyl groups is 2. The summed E-state index contributed by atoms with van der Waals surface area (Å²) in [5, 5.41) is 21.4. The SMILES string of the molecule is CCN=C(c1ccc(OC)cc1)C1(O)CCCC1.CCN=C(c1ccc(OC)cc1)C1(O)CCCC1. The summed E-state index contributed by atoms with van der Waals surface area (Å²) in [6.45, 7) is 5.40. The van der Waals surface area contributed by atoms with Crippen LogP contribution in [0.25, 0.3) is 0 Å². The summed E-state index contributed by atoms with van der Waals surface area (Å²) in [5.74, 6) is 1.65. The average Bonchev–Trinajstić information content (AvgIpc) is 3.56. The van der Waals surface area contributed by atoms with E-state index < -0.39 is 11.2 Å². The van der Waals surface area contributed by atoms with Crippen LogP contribution in [0.4, 0.5) is 0 Å². The van der Waals surface area contributed by atoms with Crippen molar-refractivity contribution in [2.75, 3.05) is 27.3 Å². The maximum absolute atomic E-state index is 10.7. The fourth-order valence-corrected chi connectivity index (χ4v) is 5.22. The number of hydrogen-bond acceptors (Lipinski definition) is 6. The van der Waals surface area contributed by atoms with Crippen LogP contribution in [-0.2, 0) is 0 Å². The highest BCUT2D eigenvalue weighted by atomic mass is 16.5. The minimum atomic E-state index is -0.732. The lowest BCUT2D eigenvalue weighted by atomic mass is 9.90. The Morgan fingerprint density at radius 1 is 0.639 bits per heavy atom. The molecule has 0 aliphatic heterocycles. The van der Waals surface area contributed by atoms with Gasteiger partial charge in [-0.25, -0.2) is 0 Å². The summed E-state index contributed by atoms with van der Waals surface area (Å²) in [7, 11) is 3.31. The molecular weight excluding hydrogens is 452 g/mol. The molecule has 0 spiro atoms. The van der Waals surface area contributed by atoms with Crippen molar-refractivity contribution < 1.29 is 19.7 Å². The highest BCUT2D eigenvalue weighted by Gasteiger charge is 2.38. The van der Waals surface area contributed by atoms with Crippen molar-refractivity contribution in [3.8, 4) is 11.5 Å². The average molecular weight is 495 g/mol. The number of benzene rings is 2.